The zero-order valence-corrected chi connectivity index (χ0v) is 21.7. The van der Waals surface area contributed by atoms with Crippen LogP contribution in [0.3, 0.4) is 0 Å². The molecule has 10 heteroatoms. The number of fused-ring (bicyclic) bond motifs is 1. The Morgan fingerprint density at radius 2 is 1.73 bits per heavy atom. The molecule has 2 aliphatic rings. The second-order valence-electron chi connectivity index (χ2n) is 10.1. The Morgan fingerprint density at radius 3 is 2.48 bits per heavy atom. The van der Waals surface area contributed by atoms with Crippen LogP contribution < -0.4 is 10.2 Å². The van der Waals surface area contributed by atoms with Gasteiger partial charge >= 0.3 is 5.97 Å². The Hall–Kier alpha value is -4.86. The molecule has 0 unspecified atom stereocenters. The maximum atomic E-state index is 13.4. The van der Waals surface area contributed by atoms with Crippen molar-refractivity contribution in [2.24, 2.45) is 11.8 Å². The number of carbonyl (C=O) groups excluding carboxylic acids is 4. The summed E-state index contributed by atoms with van der Waals surface area (Å²) in [6, 6.07) is 20.2. The second-order valence-corrected chi connectivity index (χ2v) is 10.1. The van der Waals surface area contributed by atoms with Crippen LogP contribution in [0.5, 0.6) is 0 Å². The van der Waals surface area contributed by atoms with Gasteiger partial charge < -0.3 is 10.1 Å². The molecule has 1 N–H and O–H groups in total. The lowest BCUT2D eigenvalue weighted by molar-refractivity contribution is -0.385. The van der Waals surface area contributed by atoms with E-state index in [1.165, 1.54) is 30.3 Å². The summed E-state index contributed by atoms with van der Waals surface area (Å²) in [6.45, 7) is 0.954. The van der Waals surface area contributed by atoms with E-state index in [2.05, 4.69) is 5.32 Å². The summed E-state index contributed by atoms with van der Waals surface area (Å²) in [5.74, 6) is -2.62. The topological polar surface area (TPSA) is 136 Å². The zero-order chi connectivity index (χ0) is 28.4. The van der Waals surface area contributed by atoms with E-state index >= 15 is 0 Å². The van der Waals surface area contributed by atoms with E-state index in [0.29, 0.717) is 18.4 Å². The summed E-state index contributed by atoms with van der Waals surface area (Å²) in [6.07, 6.45) is 2.03. The van der Waals surface area contributed by atoms with Crippen LogP contribution >= 0.6 is 0 Å². The van der Waals surface area contributed by atoms with Gasteiger partial charge in [-0.05, 0) is 61.9 Å². The number of aryl methyl sites for hydroxylation is 1. The quantitative estimate of drug-likeness (QED) is 0.197. The van der Waals surface area contributed by atoms with Gasteiger partial charge in [-0.2, -0.15) is 0 Å². The lowest BCUT2D eigenvalue weighted by Gasteiger charge is -2.28. The molecule has 10 nitrogen and oxygen atoms in total. The summed E-state index contributed by atoms with van der Waals surface area (Å²) in [4.78, 5) is 63.3. The molecular weight excluding hydrogens is 514 g/mol. The van der Waals surface area contributed by atoms with Gasteiger partial charge in [0.1, 0.15) is 0 Å². The van der Waals surface area contributed by atoms with Gasteiger partial charge in [0.05, 0.1) is 28.0 Å². The number of hydrogen-bond acceptors (Lipinski definition) is 7. The van der Waals surface area contributed by atoms with E-state index < -0.39 is 29.3 Å². The highest BCUT2D eigenvalue weighted by Crippen LogP contribution is 2.45. The van der Waals surface area contributed by atoms with Gasteiger partial charge in [0.15, 0.2) is 6.61 Å². The molecule has 0 aromatic heterocycles. The van der Waals surface area contributed by atoms with E-state index in [0.717, 1.165) is 16.9 Å². The molecule has 204 valence electrons. The van der Waals surface area contributed by atoms with Crippen molar-refractivity contribution in [2.45, 2.75) is 32.1 Å². The maximum Gasteiger partial charge on any atom is 0.338 e. The van der Waals surface area contributed by atoms with Crippen LogP contribution in [0.1, 0.15) is 46.7 Å². The predicted octanol–water partition coefficient (Wildman–Crippen LogP) is 4.77. The summed E-state index contributed by atoms with van der Waals surface area (Å²) < 4.78 is 5.12. The van der Waals surface area contributed by atoms with E-state index in [1.807, 2.05) is 30.3 Å². The van der Waals surface area contributed by atoms with E-state index in [-0.39, 0.29) is 46.3 Å². The fourth-order valence-electron chi connectivity index (χ4n) is 5.53. The van der Waals surface area contributed by atoms with Crippen molar-refractivity contribution < 1.29 is 28.8 Å². The van der Waals surface area contributed by atoms with Crippen molar-refractivity contribution in [1.82, 2.24) is 0 Å². The average molecular weight is 542 g/mol. The number of benzene rings is 3. The number of ether oxygens (including phenoxy) is 1. The van der Waals surface area contributed by atoms with Gasteiger partial charge in [0.2, 0.25) is 11.8 Å². The lowest BCUT2D eigenvalue weighted by Crippen LogP contribution is -2.31. The Balaban J connectivity index is 1.23. The normalized spacial score (nSPS) is 20.1. The minimum atomic E-state index is -0.812. The minimum Gasteiger partial charge on any atom is -0.452 e. The molecule has 1 saturated carbocycles. The maximum absolute atomic E-state index is 13.4. The van der Waals surface area contributed by atoms with Gasteiger partial charge in [-0.1, -0.05) is 42.5 Å². The number of amides is 3. The van der Waals surface area contributed by atoms with Crippen LogP contribution in [0.25, 0.3) is 0 Å². The van der Waals surface area contributed by atoms with Crippen LogP contribution in [-0.4, -0.2) is 35.2 Å². The summed E-state index contributed by atoms with van der Waals surface area (Å²) in [5.41, 5.74) is 2.02. The largest absolute Gasteiger partial charge is 0.452 e. The molecule has 0 bridgehead atoms. The number of esters is 1. The Morgan fingerprint density at radius 1 is 0.975 bits per heavy atom. The Labute approximate surface area is 230 Å². The first-order chi connectivity index (χ1) is 19.2. The SMILES string of the molecule is Cc1ccc(NC(=O)COC(=O)c2cccc(N3C(=O)[C@H]4C[C@H](c5ccccc5)CC[C@H]4C3=O)c2)cc1[N+](=O)[O-]. The monoisotopic (exact) mass is 541 g/mol. The molecule has 5 rings (SSSR count). The van der Waals surface area contributed by atoms with Crippen LogP contribution in [0.4, 0.5) is 17.1 Å². The van der Waals surface area contributed by atoms with E-state index in [9.17, 15) is 29.3 Å². The van der Waals surface area contributed by atoms with Gasteiger partial charge in [-0.25, -0.2) is 4.79 Å². The molecule has 0 spiro atoms. The number of anilines is 2. The third kappa shape index (κ3) is 5.33. The predicted molar refractivity (Wildman–Crippen MR) is 146 cm³/mol. The van der Waals surface area contributed by atoms with Crippen LogP contribution in [0.15, 0.2) is 72.8 Å². The fourth-order valence-corrected chi connectivity index (χ4v) is 5.53. The molecule has 1 aliphatic carbocycles. The van der Waals surface area contributed by atoms with Crippen molar-refractivity contribution in [2.75, 3.05) is 16.8 Å². The summed E-state index contributed by atoms with van der Waals surface area (Å²) in [7, 11) is 0. The molecule has 1 saturated heterocycles. The first-order valence-electron chi connectivity index (χ1n) is 13.0. The third-order valence-electron chi connectivity index (χ3n) is 7.56. The number of hydrogen-bond donors (Lipinski definition) is 1. The van der Waals surface area contributed by atoms with E-state index in [4.69, 9.17) is 4.74 Å². The summed E-state index contributed by atoms with van der Waals surface area (Å²) in [5, 5.41) is 13.6. The highest BCUT2D eigenvalue weighted by molar-refractivity contribution is 6.22. The number of nitrogens with zero attached hydrogens (tertiary/aromatic N) is 2. The first kappa shape index (κ1) is 26.7. The van der Waals surface area contributed by atoms with Gasteiger partial charge in [-0.3, -0.25) is 29.4 Å². The summed E-state index contributed by atoms with van der Waals surface area (Å²) >= 11 is 0. The number of carbonyl (C=O) groups is 4. The Kier molecular flexibility index (Phi) is 7.41. The van der Waals surface area contributed by atoms with Gasteiger partial charge in [0, 0.05) is 17.3 Å². The number of nitro groups is 1. The van der Waals surface area contributed by atoms with E-state index in [1.54, 1.807) is 19.1 Å². The molecule has 3 amide bonds. The smallest absolute Gasteiger partial charge is 0.338 e. The molecule has 40 heavy (non-hydrogen) atoms. The minimum absolute atomic E-state index is 0.0777. The highest BCUT2D eigenvalue weighted by atomic mass is 16.6. The van der Waals surface area contributed by atoms with Crippen LogP contribution in [0.2, 0.25) is 0 Å². The molecule has 2 fully saturated rings. The molecule has 1 aliphatic heterocycles. The first-order valence-corrected chi connectivity index (χ1v) is 13.0. The van der Waals surface area contributed by atoms with Crippen LogP contribution in [0, 0.1) is 28.9 Å². The number of imide groups is 1. The number of nitrogens with one attached hydrogen (secondary N) is 1. The molecule has 3 aromatic carbocycles. The standard InChI is InChI=1S/C30H27N3O7/c1-18-10-12-22(16-26(18)33(38)39)31-27(34)17-40-30(37)21-8-5-9-23(14-21)32-28(35)24-13-11-20(15-25(24)29(32)36)19-6-3-2-4-7-19/h2-10,12,14,16,20,24-25H,11,13,15,17H2,1H3,(H,31,34)/t20-,24-,25+/m1/s1. The molecule has 0 radical (unpaired) electrons. The third-order valence-corrected chi connectivity index (χ3v) is 7.56. The molecule has 3 aromatic rings. The van der Waals surface area contributed by atoms with Crippen LogP contribution in [-0.2, 0) is 19.1 Å². The highest BCUT2D eigenvalue weighted by Gasteiger charge is 2.50. The van der Waals surface area contributed by atoms with Crippen molar-refractivity contribution in [3.05, 3.63) is 99.6 Å². The molecule has 3 atom stereocenters. The fraction of sp³-hybridized carbons (Fsp3) is 0.267. The van der Waals surface area contributed by atoms with Crippen molar-refractivity contribution in [3.8, 4) is 0 Å². The van der Waals surface area contributed by atoms with Crippen molar-refractivity contribution in [3.63, 3.8) is 0 Å². The Bertz CT molecular complexity index is 1500. The average Bonchev–Trinajstić information content (AvgIpc) is 3.21. The van der Waals surface area contributed by atoms with Crippen molar-refractivity contribution in [1.29, 1.82) is 0 Å². The molecule has 1 heterocycles. The van der Waals surface area contributed by atoms with Gasteiger partial charge in [-0.15, -0.1) is 0 Å². The lowest BCUT2D eigenvalue weighted by atomic mass is 9.73. The zero-order valence-electron chi connectivity index (χ0n) is 21.7. The number of rotatable bonds is 7. The number of nitro benzene ring substituents is 1. The van der Waals surface area contributed by atoms with Crippen molar-refractivity contribution >= 4 is 40.8 Å². The second kappa shape index (κ2) is 11.1. The molecular formula is C30H27N3O7. The van der Waals surface area contributed by atoms with Gasteiger partial charge in [0.25, 0.3) is 11.6 Å².